The molecule has 0 saturated carbocycles. The molecule has 5 nitrogen and oxygen atoms in total. The maximum atomic E-state index is 9.38. The molecule has 3 aromatic rings. The van der Waals surface area contributed by atoms with E-state index in [1.54, 1.807) is 19.4 Å². The highest BCUT2D eigenvalue weighted by molar-refractivity contribution is 5.79. The molecule has 0 aliphatic carbocycles. The number of aromatic amines is 1. The Balaban J connectivity index is 1.96. The second kappa shape index (κ2) is 5.55. The van der Waals surface area contributed by atoms with E-state index in [1.807, 2.05) is 30.3 Å². The molecule has 108 valence electrons. The first-order valence-corrected chi connectivity index (χ1v) is 6.63. The molecule has 2 heterocycles. The molecule has 0 fully saturated rings. The van der Waals surface area contributed by atoms with Crippen LogP contribution in [0.4, 0.5) is 0 Å². The predicted octanol–water partition coefficient (Wildman–Crippen LogP) is 2.15. The zero-order valence-electron chi connectivity index (χ0n) is 11.6. The second-order valence-corrected chi connectivity index (χ2v) is 4.86. The zero-order chi connectivity index (χ0) is 14.8. The van der Waals surface area contributed by atoms with Gasteiger partial charge in [0.15, 0.2) is 6.29 Å². The Kier molecular flexibility index (Phi) is 3.60. The largest absolute Gasteiger partial charge is 0.497 e. The third-order valence-corrected chi connectivity index (χ3v) is 3.42. The van der Waals surface area contributed by atoms with Gasteiger partial charge < -0.3 is 19.9 Å². The fourth-order valence-corrected chi connectivity index (χ4v) is 2.41. The normalized spacial score (nSPS) is 11.2. The van der Waals surface area contributed by atoms with E-state index in [0.717, 1.165) is 22.5 Å². The van der Waals surface area contributed by atoms with Crippen LogP contribution in [0.2, 0.25) is 0 Å². The van der Waals surface area contributed by atoms with Crippen molar-refractivity contribution in [1.29, 1.82) is 0 Å². The van der Waals surface area contributed by atoms with Crippen LogP contribution < -0.4 is 4.74 Å². The fourth-order valence-electron chi connectivity index (χ4n) is 2.41. The van der Waals surface area contributed by atoms with Crippen LogP contribution in [0.1, 0.15) is 23.1 Å². The van der Waals surface area contributed by atoms with Crippen LogP contribution in [-0.2, 0) is 6.42 Å². The van der Waals surface area contributed by atoms with Gasteiger partial charge in [0.1, 0.15) is 5.75 Å². The van der Waals surface area contributed by atoms with Gasteiger partial charge in [-0.3, -0.25) is 4.98 Å². The molecule has 3 rings (SSSR count). The molecule has 0 aliphatic rings. The third kappa shape index (κ3) is 2.74. The number of H-pyrrole nitrogens is 1. The molecular formula is C16H16N2O3. The van der Waals surface area contributed by atoms with Crippen LogP contribution in [0, 0.1) is 0 Å². The SMILES string of the molecule is COc1cccc(Cc2cc3nccc(C(O)O)c3[nH]2)c1. The number of aliphatic hydroxyl groups excluding tert-OH is 1. The van der Waals surface area contributed by atoms with E-state index in [4.69, 9.17) is 4.74 Å². The quantitative estimate of drug-likeness (QED) is 0.641. The number of nitrogens with one attached hydrogen (secondary N) is 1. The minimum Gasteiger partial charge on any atom is -0.497 e. The number of aliphatic hydroxyl groups is 2. The number of nitrogens with zero attached hydrogens (tertiary/aromatic N) is 1. The molecule has 2 aromatic heterocycles. The van der Waals surface area contributed by atoms with Crippen molar-refractivity contribution < 1.29 is 14.9 Å². The molecular weight excluding hydrogens is 268 g/mol. The lowest BCUT2D eigenvalue weighted by Gasteiger charge is -2.04. The van der Waals surface area contributed by atoms with Crippen molar-refractivity contribution in [2.75, 3.05) is 7.11 Å². The van der Waals surface area contributed by atoms with Crippen molar-refractivity contribution in [2.45, 2.75) is 12.7 Å². The first kappa shape index (κ1) is 13.6. The van der Waals surface area contributed by atoms with E-state index < -0.39 is 6.29 Å². The van der Waals surface area contributed by atoms with Crippen molar-refractivity contribution in [1.82, 2.24) is 9.97 Å². The maximum absolute atomic E-state index is 9.38. The molecule has 3 N–H and O–H groups in total. The first-order chi connectivity index (χ1) is 10.2. The third-order valence-electron chi connectivity index (χ3n) is 3.42. The van der Waals surface area contributed by atoms with Gasteiger partial charge >= 0.3 is 0 Å². The van der Waals surface area contributed by atoms with Gasteiger partial charge in [0.2, 0.25) is 0 Å². The van der Waals surface area contributed by atoms with E-state index in [-0.39, 0.29) is 0 Å². The number of hydrogen-bond donors (Lipinski definition) is 3. The molecule has 0 spiro atoms. The monoisotopic (exact) mass is 284 g/mol. The molecule has 0 atom stereocenters. The Morgan fingerprint density at radius 2 is 2.10 bits per heavy atom. The Morgan fingerprint density at radius 1 is 1.24 bits per heavy atom. The lowest BCUT2D eigenvalue weighted by molar-refractivity contribution is -0.0414. The van der Waals surface area contributed by atoms with Crippen LogP contribution in [0.3, 0.4) is 0 Å². The summed E-state index contributed by atoms with van der Waals surface area (Å²) in [6.45, 7) is 0. The average Bonchev–Trinajstić information content (AvgIpc) is 2.89. The van der Waals surface area contributed by atoms with Gasteiger partial charge in [-0.1, -0.05) is 12.1 Å². The smallest absolute Gasteiger partial charge is 0.180 e. The molecule has 0 bridgehead atoms. The second-order valence-electron chi connectivity index (χ2n) is 4.86. The highest BCUT2D eigenvalue weighted by Crippen LogP contribution is 2.23. The summed E-state index contributed by atoms with van der Waals surface area (Å²) in [6.07, 6.45) is 0.744. The number of aromatic nitrogens is 2. The molecule has 1 aromatic carbocycles. The Hall–Kier alpha value is -2.37. The summed E-state index contributed by atoms with van der Waals surface area (Å²) in [5.74, 6) is 0.813. The molecule has 0 unspecified atom stereocenters. The van der Waals surface area contributed by atoms with Crippen LogP contribution >= 0.6 is 0 Å². The number of methoxy groups -OCH3 is 1. The van der Waals surface area contributed by atoms with Gasteiger partial charge in [0, 0.05) is 23.9 Å². The minimum atomic E-state index is -1.51. The molecule has 0 amide bonds. The van der Waals surface area contributed by atoms with Crippen molar-refractivity contribution in [3.63, 3.8) is 0 Å². The highest BCUT2D eigenvalue weighted by Gasteiger charge is 2.11. The Labute approximate surface area is 121 Å². The summed E-state index contributed by atoms with van der Waals surface area (Å²) in [7, 11) is 1.64. The highest BCUT2D eigenvalue weighted by atomic mass is 16.5. The standard InChI is InChI=1S/C16H16N2O3/c1-21-12-4-2-3-10(8-12)7-11-9-14-15(18-11)13(16(19)20)5-6-17-14/h2-6,8-9,16,18-20H,7H2,1H3. The van der Waals surface area contributed by atoms with E-state index in [2.05, 4.69) is 9.97 Å². The summed E-state index contributed by atoms with van der Waals surface area (Å²) < 4.78 is 5.21. The number of pyridine rings is 1. The molecule has 0 radical (unpaired) electrons. The number of fused-ring (bicyclic) bond motifs is 1. The lowest BCUT2D eigenvalue weighted by Crippen LogP contribution is -1.96. The molecule has 5 heteroatoms. The molecule has 21 heavy (non-hydrogen) atoms. The van der Waals surface area contributed by atoms with Gasteiger partial charge in [-0.25, -0.2) is 0 Å². The lowest BCUT2D eigenvalue weighted by atomic mass is 10.1. The number of benzene rings is 1. The summed E-state index contributed by atoms with van der Waals surface area (Å²) in [5, 5.41) is 18.8. The Morgan fingerprint density at radius 3 is 2.86 bits per heavy atom. The number of ether oxygens (including phenoxy) is 1. The van der Waals surface area contributed by atoms with E-state index >= 15 is 0 Å². The van der Waals surface area contributed by atoms with E-state index in [1.165, 1.54) is 0 Å². The summed E-state index contributed by atoms with van der Waals surface area (Å²) in [4.78, 5) is 7.45. The average molecular weight is 284 g/mol. The minimum absolute atomic E-state index is 0.428. The first-order valence-electron chi connectivity index (χ1n) is 6.63. The van der Waals surface area contributed by atoms with Crippen LogP contribution in [0.5, 0.6) is 5.75 Å². The van der Waals surface area contributed by atoms with Crippen molar-refractivity contribution >= 4 is 11.0 Å². The zero-order valence-corrected chi connectivity index (χ0v) is 11.6. The Bertz CT molecular complexity index is 765. The van der Waals surface area contributed by atoms with Gasteiger partial charge in [-0.05, 0) is 29.8 Å². The summed E-state index contributed by atoms with van der Waals surface area (Å²) >= 11 is 0. The molecule has 0 aliphatic heterocycles. The van der Waals surface area contributed by atoms with Crippen LogP contribution in [-0.4, -0.2) is 27.3 Å². The number of hydrogen-bond acceptors (Lipinski definition) is 4. The van der Waals surface area contributed by atoms with Gasteiger partial charge in [-0.2, -0.15) is 0 Å². The van der Waals surface area contributed by atoms with Crippen molar-refractivity contribution in [3.05, 3.63) is 59.4 Å². The van der Waals surface area contributed by atoms with Crippen molar-refractivity contribution in [3.8, 4) is 5.75 Å². The topological polar surface area (TPSA) is 78.4 Å². The summed E-state index contributed by atoms with van der Waals surface area (Å²) in [5.41, 5.74) is 3.87. The number of rotatable bonds is 4. The van der Waals surface area contributed by atoms with Gasteiger partial charge in [0.25, 0.3) is 0 Å². The van der Waals surface area contributed by atoms with Crippen LogP contribution in [0.15, 0.2) is 42.6 Å². The maximum Gasteiger partial charge on any atom is 0.180 e. The van der Waals surface area contributed by atoms with Crippen molar-refractivity contribution in [2.24, 2.45) is 0 Å². The van der Waals surface area contributed by atoms with Gasteiger partial charge in [0.05, 0.1) is 18.1 Å². The van der Waals surface area contributed by atoms with Gasteiger partial charge in [-0.15, -0.1) is 0 Å². The van der Waals surface area contributed by atoms with E-state index in [9.17, 15) is 10.2 Å². The van der Waals surface area contributed by atoms with Crippen LogP contribution in [0.25, 0.3) is 11.0 Å². The van der Waals surface area contributed by atoms with E-state index in [0.29, 0.717) is 17.5 Å². The predicted molar refractivity (Wildman–Crippen MR) is 79.1 cm³/mol. The fraction of sp³-hybridized carbons (Fsp3) is 0.188. The molecule has 0 saturated heterocycles. The summed E-state index contributed by atoms with van der Waals surface area (Å²) in [6, 6.07) is 11.3.